The standard InChI is InChI=1S/C23H25NO4S2/c25-12-15-29-30-16-14-27-13-11-24-23(26)28-22-17-20-7-2-1-5-18(20)9-10-19-6-3-4-8-21(19)22/h1-8,22,25H,11-17H2,(H,24,26). The van der Waals surface area contributed by atoms with E-state index in [0.717, 1.165) is 33.8 Å². The molecule has 0 saturated carbocycles. The van der Waals surface area contributed by atoms with Gasteiger partial charge in [-0.05, 0) is 17.7 Å². The van der Waals surface area contributed by atoms with Crippen molar-refractivity contribution in [2.45, 2.75) is 12.5 Å². The predicted octanol–water partition coefficient (Wildman–Crippen LogP) is 3.80. The number of aliphatic hydroxyl groups excluding tert-OH is 1. The zero-order chi connectivity index (χ0) is 21.0. The average molecular weight is 444 g/mol. The van der Waals surface area contributed by atoms with Crippen LogP contribution in [0.1, 0.15) is 28.4 Å². The van der Waals surface area contributed by atoms with Crippen LogP contribution in [-0.2, 0) is 15.9 Å². The third-order valence-electron chi connectivity index (χ3n) is 4.40. The molecular weight excluding hydrogens is 418 g/mol. The molecule has 0 radical (unpaired) electrons. The fourth-order valence-corrected chi connectivity index (χ4v) is 4.64. The molecule has 5 nitrogen and oxygen atoms in total. The van der Waals surface area contributed by atoms with Crippen LogP contribution in [0.25, 0.3) is 0 Å². The molecule has 1 atom stereocenters. The second-order valence-corrected chi connectivity index (χ2v) is 9.20. The Balaban J connectivity index is 1.51. The van der Waals surface area contributed by atoms with Gasteiger partial charge in [0.1, 0.15) is 6.10 Å². The number of carbonyl (C=O) groups is 1. The number of hydrogen-bond donors (Lipinski definition) is 2. The average Bonchev–Trinajstić information content (AvgIpc) is 2.76. The molecule has 0 heterocycles. The minimum absolute atomic E-state index is 0.189. The lowest BCUT2D eigenvalue weighted by Crippen LogP contribution is -2.30. The Labute approximate surface area is 185 Å². The van der Waals surface area contributed by atoms with Crippen LogP contribution in [0.5, 0.6) is 0 Å². The number of alkyl carbamates (subject to hydrolysis) is 1. The smallest absolute Gasteiger partial charge is 0.407 e. The third-order valence-corrected chi connectivity index (χ3v) is 6.75. The van der Waals surface area contributed by atoms with E-state index in [1.165, 1.54) is 0 Å². The molecule has 0 bridgehead atoms. The van der Waals surface area contributed by atoms with Crippen molar-refractivity contribution < 1.29 is 19.4 Å². The number of amides is 1. The maximum Gasteiger partial charge on any atom is 0.407 e. The summed E-state index contributed by atoms with van der Waals surface area (Å²) >= 11 is 0. The van der Waals surface area contributed by atoms with E-state index in [2.05, 4.69) is 17.2 Å². The van der Waals surface area contributed by atoms with E-state index in [1.807, 2.05) is 48.5 Å². The zero-order valence-corrected chi connectivity index (χ0v) is 18.3. The molecule has 3 rings (SSSR count). The molecule has 1 aliphatic rings. The Morgan fingerprint density at radius 2 is 1.77 bits per heavy atom. The van der Waals surface area contributed by atoms with E-state index in [1.54, 1.807) is 21.6 Å². The first-order valence-electron chi connectivity index (χ1n) is 9.84. The van der Waals surface area contributed by atoms with Crippen LogP contribution in [0.4, 0.5) is 4.79 Å². The molecule has 1 amide bonds. The maximum absolute atomic E-state index is 12.4. The van der Waals surface area contributed by atoms with Crippen molar-refractivity contribution in [1.29, 1.82) is 0 Å². The lowest BCUT2D eigenvalue weighted by Gasteiger charge is -2.22. The molecule has 2 N–H and O–H groups in total. The van der Waals surface area contributed by atoms with Crippen molar-refractivity contribution in [1.82, 2.24) is 5.32 Å². The number of rotatable bonds is 10. The Morgan fingerprint density at radius 1 is 1.03 bits per heavy atom. The highest BCUT2D eigenvalue weighted by Crippen LogP contribution is 2.28. The Bertz CT molecular complexity index is 894. The summed E-state index contributed by atoms with van der Waals surface area (Å²) in [4.78, 5) is 12.4. The molecule has 0 aromatic heterocycles. The van der Waals surface area contributed by atoms with Gasteiger partial charge in [0.05, 0.1) is 19.8 Å². The van der Waals surface area contributed by atoms with E-state index in [9.17, 15) is 4.79 Å². The van der Waals surface area contributed by atoms with Gasteiger partial charge in [0.25, 0.3) is 0 Å². The van der Waals surface area contributed by atoms with Gasteiger partial charge in [-0.3, -0.25) is 0 Å². The number of nitrogens with one attached hydrogen (secondary N) is 1. The summed E-state index contributed by atoms with van der Waals surface area (Å²) < 4.78 is 11.3. The van der Waals surface area contributed by atoms with Gasteiger partial charge in [0.15, 0.2) is 0 Å². The summed E-state index contributed by atoms with van der Waals surface area (Å²) in [6.45, 7) is 1.60. The van der Waals surface area contributed by atoms with Crippen LogP contribution in [0.15, 0.2) is 48.5 Å². The summed E-state index contributed by atoms with van der Waals surface area (Å²) in [5, 5.41) is 11.5. The molecule has 30 heavy (non-hydrogen) atoms. The predicted molar refractivity (Wildman–Crippen MR) is 123 cm³/mol. The number of fused-ring (bicyclic) bond motifs is 2. The SMILES string of the molecule is O=C(NCCOCCSSCCO)OC1Cc2ccccc2C#Cc2ccccc21. The van der Waals surface area contributed by atoms with E-state index in [-0.39, 0.29) is 6.61 Å². The fraction of sp³-hybridized carbons (Fsp3) is 0.348. The monoisotopic (exact) mass is 443 g/mol. The quantitative estimate of drug-likeness (QED) is 0.331. The van der Waals surface area contributed by atoms with Gasteiger partial charge in [-0.25, -0.2) is 4.79 Å². The molecule has 0 saturated heterocycles. The van der Waals surface area contributed by atoms with E-state index >= 15 is 0 Å². The maximum atomic E-state index is 12.4. The van der Waals surface area contributed by atoms with Crippen molar-refractivity contribution >= 4 is 27.7 Å². The molecule has 7 heteroatoms. The number of ether oxygens (including phenoxy) is 2. The van der Waals surface area contributed by atoms with Gasteiger partial charge < -0.3 is 19.9 Å². The number of aliphatic hydroxyl groups is 1. The van der Waals surface area contributed by atoms with Gasteiger partial charge in [0.2, 0.25) is 0 Å². The number of carbonyl (C=O) groups excluding carboxylic acids is 1. The van der Waals surface area contributed by atoms with Gasteiger partial charge in [0, 0.05) is 41.2 Å². The van der Waals surface area contributed by atoms with Gasteiger partial charge >= 0.3 is 6.09 Å². The van der Waals surface area contributed by atoms with Crippen LogP contribution in [0.2, 0.25) is 0 Å². The Morgan fingerprint density at radius 3 is 2.63 bits per heavy atom. The van der Waals surface area contributed by atoms with Crippen molar-refractivity contribution in [3.8, 4) is 11.8 Å². The first-order chi connectivity index (χ1) is 14.8. The number of hydrogen-bond acceptors (Lipinski definition) is 6. The summed E-state index contributed by atoms with van der Waals surface area (Å²) in [5.74, 6) is 8.00. The fourth-order valence-electron chi connectivity index (χ4n) is 3.01. The van der Waals surface area contributed by atoms with Gasteiger partial charge in [-0.2, -0.15) is 0 Å². The Hall–Kier alpha value is -2.11. The van der Waals surface area contributed by atoms with Gasteiger partial charge in [-0.1, -0.05) is 69.8 Å². The molecule has 158 valence electrons. The van der Waals surface area contributed by atoms with Crippen molar-refractivity contribution in [2.24, 2.45) is 0 Å². The van der Waals surface area contributed by atoms with E-state index < -0.39 is 12.2 Å². The van der Waals surface area contributed by atoms with Crippen LogP contribution >= 0.6 is 21.6 Å². The molecule has 2 aromatic rings. The molecule has 1 unspecified atom stereocenters. The third kappa shape index (κ3) is 6.99. The summed E-state index contributed by atoms with van der Waals surface area (Å²) in [7, 11) is 3.29. The molecule has 0 aliphatic heterocycles. The first kappa shape index (κ1) is 22.6. The largest absolute Gasteiger partial charge is 0.441 e. The van der Waals surface area contributed by atoms with E-state index in [4.69, 9.17) is 14.6 Å². The molecule has 2 aromatic carbocycles. The van der Waals surface area contributed by atoms with Crippen LogP contribution < -0.4 is 5.32 Å². The molecular formula is C23H25NO4S2. The summed E-state index contributed by atoms with van der Waals surface area (Å²) in [6, 6.07) is 15.8. The highest BCUT2D eigenvalue weighted by molar-refractivity contribution is 8.76. The molecule has 0 spiro atoms. The molecule has 1 aliphatic carbocycles. The van der Waals surface area contributed by atoms with Gasteiger partial charge in [-0.15, -0.1) is 0 Å². The minimum Gasteiger partial charge on any atom is -0.441 e. The summed E-state index contributed by atoms with van der Waals surface area (Å²) in [5.41, 5.74) is 3.83. The lowest BCUT2D eigenvalue weighted by atomic mass is 9.92. The topological polar surface area (TPSA) is 67.8 Å². The van der Waals surface area contributed by atoms with E-state index in [0.29, 0.717) is 26.2 Å². The lowest BCUT2D eigenvalue weighted by molar-refractivity contribution is 0.0918. The highest BCUT2D eigenvalue weighted by atomic mass is 33.1. The normalized spacial score (nSPS) is 14.4. The van der Waals surface area contributed by atoms with Crippen molar-refractivity contribution in [2.75, 3.05) is 37.9 Å². The Kier molecular flexibility index (Phi) is 9.45. The minimum atomic E-state index is -0.461. The highest BCUT2D eigenvalue weighted by Gasteiger charge is 2.22. The van der Waals surface area contributed by atoms with Crippen LogP contribution in [0, 0.1) is 11.8 Å². The van der Waals surface area contributed by atoms with Crippen LogP contribution in [-0.4, -0.2) is 49.1 Å². The van der Waals surface area contributed by atoms with Crippen molar-refractivity contribution in [3.63, 3.8) is 0 Å². The van der Waals surface area contributed by atoms with Crippen molar-refractivity contribution in [3.05, 3.63) is 70.8 Å². The molecule has 0 fully saturated rings. The zero-order valence-electron chi connectivity index (χ0n) is 16.6. The second kappa shape index (κ2) is 12.6. The second-order valence-electron chi connectivity index (χ2n) is 6.50. The van der Waals surface area contributed by atoms with Crippen LogP contribution in [0.3, 0.4) is 0 Å². The summed E-state index contributed by atoms with van der Waals surface area (Å²) in [6.07, 6.45) is -0.288. The first-order valence-corrected chi connectivity index (χ1v) is 12.3. The number of benzene rings is 2.